The maximum atomic E-state index is 11.1. The molecule has 20 heavy (non-hydrogen) atoms. The van der Waals surface area contributed by atoms with Gasteiger partial charge in [-0.2, -0.15) is 11.3 Å². The second kappa shape index (κ2) is 5.30. The normalized spacial score (nSPS) is 10.6. The number of thiophene rings is 1. The molecular formula is C15H12N2O2S. The molecule has 0 radical (unpaired) electrons. The predicted molar refractivity (Wildman–Crippen MR) is 80.3 cm³/mol. The Balaban J connectivity index is 2.00. The lowest BCUT2D eigenvalue weighted by Gasteiger charge is -2.10. The standard InChI is InChI=1S/C15H12N2O2S/c18-15(19)14-7-13(16-8-10-5-6-20-9-10)11-3-1-2-4-12(11)17-14/h1-7,9H,8H2,(H,16,17)(H,18,19). The number of aromatic nitrogens is 1. The Labute approximate surface area is 119 Å². The Morgan fingerprint density at radius 1 is 1.30 bits per heavy atom. The van der Waals surface area contributed by atoms with Gasteiger partial charge in [-0.05, 0) is 34.5 Å². The number of aromatic carboxylic acids is 1. The minimum absolute atomic E-state index is 0.0523. The van der Waals surface area contributed by atoms with E-state index < -0.39 is 5.97 Å². The van der Waals surface area contributed by atoms with E-state index in [0.717, 1.165) is 11.1 Å². The molecule has 0 saturated carbocycles. The molecule has 100 valence electrons. The lowest BCUT2D eigenvalue weighted by molar-refractivity contribution is 0.0691. The van der Waals surface area contributed by atoms with Gasteiger partial charge in [0, 0.05) is 17.6 Å². The van der Waals surface area contributed by atoms with Crippen LogP contribution in [0.15, 0.2) is 47.2 Å². The topological polar surface area (TPSA) is 62.2 Å². The number of pyridine rings is 1. The van der Waals surface area contributed by atoms with Crippen LogP contribution in [0.25, 0.3) is 10.9 Å². The molecule has 0 bridgehead atoms. The van der Waals surface area contributed by atoms with E-state index in [1.807, 2.05) is 35.7 Å². The SMILES string of the molecule is O=C(O)c1cc(NCc2ccsc2)c2ccccc2n1. The van der Waals surface area contributed by atoms with Crippen LogP contribution in [0, 0.1) is 0 Å². The number of nitrogens with zero attached hydrogens (tertiary/aromatic N) is 1. The summed E-state index contributed by atoms with van der Waals surface area (Å²) in [5.41, 5.74) is 2.70. The smallest absolute Gasteiger partial charge is 0.354 e. The molecule has 0 fully saturated rings. The highest BCUT2D eigenvalue weighted by Gasteiger charge is 2.10. The van der Waals surface area contributed by atoms with Crippen molar-refractivity contribution in [3.8, 4) is 0 Å². The van der Waals surface area contributed by atoms with Crippen LogP contribution >= 0.6 is 11.3 Å². The zero-order valence-electron chi connectivity index (χ0n) is 10.5. The van der Waals surface area contributed by atoms with Crippen molar-refractivity contribution in [1.82, 2.24) is 4.98 Å². The van der Waals surface area contributed by atoms with E-state index in [2.05, 4.69) is 15.7 Å². The van der Waals surface area contributed by atoms with E-state index in [0.29, 0.717) is 12.1 Å². The summed E-state index contributed by atoms with van der Waals surface area (Å²) in [6, 6.07) is 11.1. The lowest BCUT2D eigenvalue weighted by Crippen LogP contribution is -2.05. The van der Waals surface area contributed by atoms with Crippen molar-refractivity contribution in [1.29, 1.82) is 0 Å². The van der Waals surface area contributed by atoms with Crippen LogP contribution in [0.1, 0.15) is 16.1 Å². The molecule has 0 spiro atoms. The highest BCUT2D eigenvalue weighted by Crippen LogP contribution is 2.24. The van der Waals surface area contributed by atoms with Gasteiger partial charge in [0.1, 0.15) is 0 Å². The van der Waals surface area contributed by atoms with Gasteiger partial charge < -0.3 is 10.4 Å². The van der Waals surface area contributed by atoms with Gasteiger partial charge in [-0.25, -0.2) is 9.78 Å². The van der Waals surface area contributed by atoms with E-state index >= 15 is 0 Å². The summed E-state index contributed by atoms with van der Waals surface area (Å²) in [6.07, 6.45) is 0. The Morgan fingerprint density at radius 2 is 2.15 bits per heavy atom. The second-order valence-electron chi connectivity index (χ2n) is 4.36. The number of carboxylic acids is 1. The number of carbonyl (C=O) groups is 1. The van der Waals surface area contributed by atoms with Gasteiger partial charge in [0.05, 0.1) is 5.52 Å². The first-order valence-electron chi connectivity index (χ1n) is 6.12. The number of nitrogens with one attached hydrogen (secondary N) is 1. The molecule has 2 heterocycles. The van der Waals surface area contributed by atoms with Crippen LogP contribution < -0.4 is 5.32 Å². The van der Waals surface area contributed by atoms with Crippen LogP contribution in [-0.2, 0) is 6.54 Å². The van der Waals surface area contributed by atoms with Gasteiger partial charge in [0.2, 0.25) is 0 Å². The van der Waals surface area contributed by atoms with E-state index in [-0.39, 0.29) is 5.69 Å². The fourth-order valence-electron chi connectivity index (χ4n) is 2.02. The van der Waals surface area contributed by atoms with E-state index in [1.54, 1.807) is 17.4 Å². The Hall–Kier alpha value is -2.40. The fraction of sp³-hybridized carbons (Fsp3) is 0.0667. The average Bonchev–Trinajstić information content (AvgIpc) is 2.97. The molecule has 4 nitrogen and oxygen atoms in total. The summed E-state index contributed by atoms with van der Waals surface area (Å²) in [5.74, 6) is -1.02. The third-order valence-corrected chi connectivity index (χ3v) is 3.73. The maximum absolute atomic E-state index is 11.1. The molecule has 0 saturated heterocycles. The monoisotopic (exact) mass is 284 g/mol. The van der Waals surface area contributed by atoms with Crippen LogP contribution in [0.2, 0.25) is 0 Å². The van der Waals surface area contributed by atoms with Crippen LogP contribution in [0.3, 0.4) is 0 Å². The van der Waals surface area contributed by atoms with Crippen molar-refractivity contribution in [2.75, 3.05) is 5.32 Å². The number of para-hydroxylation sites is 1. The number of carboxylic acid groups (broad SMARTS) is 1. The van der Waals surface area contributed by atoms with Crippen molar-refractivity contribution in [3.05, 3.63) is 58.4 Å². The molecular weight excluding hydrogens is 272 g/mol. The second-order valence-corrected chi connectivity index (χ2v) is 5.14. The molecule has 0 amide bonds. The van der Waals surface area contributed by atoms with Crippen molar-refractivity contribution >= 4 is 33.9 Å². The number of benzene rings is 1. The number of fused-ring (bicyclic) bond motifs is 1. The number of rotatable bonds is 4. The average molecular weight is 284 g/mol. The van der Waals surface area contributed by atoms with Crippen LogP contribution in [0.4, 0.5) is 5.69 Å². The Bertz CT molecular complexity index is 754. The molecule has 2 aromatic heterocycles. The molecule has 5 heteroatoms. The molecule has 0 aliphatic heterocycles. The first-order chi connectivity index (χ1) is 9.74. The largest absolute Gasteiger partial charge is 0.477 e. The summed E-state index contributed by atoms with van der Waals surface area (Å²) in [4.78, 5) is 15.3. The van der Waals surface area contributed by atoms with Gasteiger partial charge in [0.15, 0.2) is 5.69 Å². The first kappa shape index (κ1) is 12.6. The molecule has 3 aromatic rings. The molecule has 3 rings (SSSR count). The Morgan fingerprint density at radius 3 is 2.90 bits per heavy atom. The molecule has 1 aromatic carbocycles. The van der Waals surface area contributed by atoms with Crippen molar-refractivity contribution in [3.63, 3.8) is 0 Å². The quantitative estimate of drug-likeness (QED) is 0.768. The molecule has 0 aliphatic carbocycles. The Kier molecular flexibility index (Phi) is 3.35. The van der Waals surface area contributed by atoms with Gasteiger partial charge in [0.25, 0.3) is 0 Å². The zero-order valence-corrected chi connectivity index (χ0v) is 11.4. The van der Waals surface area contributed by atoms with Gasteiger partial charge in [-0.3, -0.25) is 0 Å². The van der Waals surface area contributed by atoms with E-state index in [4.69, 9.17) is 5.11 Å². The highest BCUT2D eigenvalue weighted by molar-refractivity contribution is 7.07. The maximum Gasteiger partial charge on any atom is 0.354 e. The van der Waals surface area contributed by atoms with Gasteiger partial charge >= 0.3 is 5.97 Å². The van der Waals surface area contributed by atoms with E-state index in [1.165, 1.54) is 5.56 Å². The van der Waals surface area contributed by atoms with Gasteiger partial charge in [-0.1, -0.05) is 18.2 Å². The van der Waals surface area contributed by atoms with Gasteiger partial charge in [-0.15, -0.1) is 0 Å². The summed E-state index contributed by atoms with van der Waals surface area (Å²) in [7, 11) is 0. The number of hydrogen-bond donors (Lipinski definition) is 2. The molecule has 0 atom stereocenters. The summed E-state index contributed by atoms with van der Waals surface area (Å²) in [5, 5.41) is 17.4. The summed E-state index contributed by atoms with van der Waals surface area (Å²) in [6.45, 7) is 0.663. The molecule has 0 unspecified atom stereocenters. The summed E-state index contributed by atoms with van der Waals surface area (Å²) < 4.78 is 0. The number of hydrogen-bond acceptors (Lipinski definition) is 4. The minimum atomic E-state index is -1.02. The third kappa shape index (κ3) is 2.48. The minimum Gasteiger partial charge on any atom is -0.477 e. The van der Waals surface area contributed by atoms with Crippen molar-refractivity contribution in [2.24, 2.45) is 0 Å². The van der Waals surface area contributed by atoms with Crippen LogP contribution in [0.5, 0.6) is 0 Å². The number of anilines is 1. The van der Waals surface area contributed by atoms with Crippen molar-refractivity contribution in [2.45, 2.75) is 6.54 Å². The molecule has 2 N–H and O–H groups in total. The lowest BCUT2D eigenvalue weighted by atomic mass is 10.1. The first-order valence-corrected chi connectivity index (χ1v) is 7.06. The van der Waals surface area contributed by atoms with Crippen LogP contribution in [-0.4, -0.2) is 16.1 Å². The van der Waals surface area contributed by atoms with Crippen molar-refractivity contribution < 1.29 is 9.90 Å². The van der Waals surface area contributed by atoms with E-state index in [9.17, 15) is 4.79 Å². The zero-order chi connectivity index (χ0) is 13.9. The predicted octanol–water partition coefficient (Wildman–Crippen LogP) is 3.61. The highest BCUT2D eigenvalue weighted by atomic mass is 32.1. The summed E-state index contributed by atoms with van der Waals surface area (Å²) >= 11 is 1.64. The third-order valence-electron chi connectivity index (χ3n) is 3.00. The fourth-order valence-corrected chi connectivity index (χ4v) is 2.69. The molecule has 0 aliphatic rings.